The average molecular weight is 444 g/mol. The van der Waals surface area contributed by atoms with Crippen LogP contribution in [0.3, 0.4) is 0 Å². The quantitative estimate of drug-likeness (QED) is 0.569. The summed E-state index contributed by atoms with van der Waals surface area (Å²) in [5.41, 5.74) is 1.41. The minimum absolute atomic E-state index is 0.344. The number of halogens is 2. The first-order valence-corrected chi connectivity index (χ1v) is 8.34. The minimum Gasteiger partial charge on any atom is -0.467 e. The van der Waals surface area contributed by atoms with E-state index in [9.17, 15) is 9.59 Å². The van der Waals surface area contributed by atoms with Crippen LogP contribution in [0.5, 0.6) is 0 Å². The highest BCUT2D eigenvalue weighted by atomic mass is 127. The Morgan fingerprint density at radius 3 is 2.43 bits per heavy atom. The number of nitrogens with one attached hydrogen (secondary N) is 1. The molecule has 0 aromatic heterocycles. The molecule has 2 rings (SSSR count). The van der Waals surface area contributed by atoms with Gasteiger partial charge in [0, 0.05) is 20.6 Å². The predicted molar refractivity (Wildman–Crippen MR) is 97.6 cm³/mol. The summed E-state index contributed by atoms with van der Waals surface area (Å²) in [5.74, 6) is -0.824. The minimum atomic E-state index is -0.751. The summed E-state index contributed by atoms with van der Waals surface area (Å²) in [4.78, 5) is 24.3. The van der Waals surface area contributed by atoms with Crippen LogP contribution in [0.2, 0.25) is 5.02 Å². The van der Waals surface area contributed by atoms with Crippen molar-refractivity contribution in [3.63, 3.8) is 0 Å². The van der Waals surface area contributed by atoms with Crippen LogP contribution in [-0.4, -0.2) is 25.0 Å². The summed E-state index contributed by atoms with van der Waals surface area (Å²) in [6, 6.07) is 13.4. The molecule has 23 heavy (non-hydrogen) atoms. The molecule has 0 saturated heterocycles. The third-order valence-electron chi connectivity index (χ3n) is 3.28. The number of benzene rings is 2. The van der Waals surface area contributed by atoms with Crippen LogP contribution in [0.25, 0.3) is 0 Å². The van der Waals surface area contributed by atoms with E-state index in [0.717, 1.165) is 9.13 Å². The fourth-order valence-corrected chi connectivity index (χ4v) is 2.80. The maximum absolute atomic E-state index is 12.3. The van der Waals surface area contributed by atoms with Gasteiger partial charge < -0.3 is 10.1 Å². The standard InChI is InChI=1S/C17H15ClINO3/c1-23-17(22)15(10-12-4-2-3-5-14(12)19)20-16(21)11-6-8-13(18)9-7-11/h2-9,15H,10H2,1H3,(H,20,21)/t15-/m1/s1. The van der Waals surface area contributed by atoms with E-state index >= 15 is 0 Å². The van der Waals surface area contributed by atoms with Gasteiger partial charge in [-0.1, -0.05) is 29.8 Å². The lowest BCUT2D eigenvalue weighted by molar-refractivity contribution is -0.142. The predicted octanol–water partition coefficient (Wildman–Crippen LogP) is 3.46. The van der Waals surface area contributed by atoms with Crippen molar-refractivity contribution < 1.29 is 14.3 Å². The van der Waals surface area contributed by atoms with Gasteiger partial charge in [0.15, 0.2) is 0 Å². The smallest absolute Gasteiger partial charge is 0.328 e. The molecule has 0 spiro atoms. The van der Waals surface area contributed by atoms with Crippen LogP contribution < -0.4 is 5.32 Å². The van der Waals surface area contributed by atoms with E-state index < -0.39 is 12.0 Å². The first-order chi connectivity index (χ1) is 11.0. The second-order valence-electron chi connectivity index (χ2n) is 4.85. The number of methoxy groups -OCH3 is 1. The maximum Gasteiger partial charge on any atom is 0.328 e. The molecule has 0 heterocycles. The van der Waals surface area contributed by atoms with E-state index in [1.54, 1.807) is 24.3 Å². The molecule has 1 atom stereocenters. The normalized spacial score (nSPS) is 11.6. The van der Waals surface area contributed by atoms with E-state index in [2.05, 4.69) is 27.9 Å². The fraction of sp³-hybridized carbons (Fsp3) is 0.176. The van der Waals surface area contributed by atoms with Gasteiger partial charge in [0.25, 0.3) is 5.91 Å². The number of esters is 1. The molecule has 0 fully saturated rings. The molecule has 1 N–H and O–H groups in total. The van der Waals surface area contributed by atoms with Gasteiger partial charge in [0.1, 0.15) is 6.04 Å². The molecule has 2 aromatic carbocycles. The zero-order chi connectivity index (χ0) is 16.8. The van der Waals surface area contributed by atoms with E-state index in [-0.39, 0.29) is 5.91 Å². The molecule has 2 aromatic rings. The number of hydrogen-bond acceptors (Lipinski definition) is 3. The lowest BCUT2D eigenvalue weighted by Crippen LogP contribution is -2.43. The molecular formula is C17H15ClINO3. The van der Waals surface area contributed by atoms with E-state index in [4.69, 9.17) is 16.3 Å². The molecule has 0 aliphatic heterocycles. The van der Waals surface area contributed by atoms with Gasteiger partial charge in [-0.3, -0.25) is 4.79 Å². The fourth-order valence-electron chi connectivity index (χ4n) is 2.06. The summed E-state index contributed by atoms with van der Waals surface area (Å²) in [6.07, 6.45) is 0.366. The van der Waals surface area contributed by atoms with Crippen molar-refractivity contribution in [1.29, 1.82) is 0 Å². The van der Waals surface area contributed by atoms with E-state index in [0.29, 0.717) is 17.0 Å². The number of carbonyl (C=O) groups is 2. The van der Waals surface area contributed by atoms with Crippen molar-refractivity contribution in [2.75, 3.05) is 7.11 Å². The Morgan fingerprint density at radius 1 is 1.17 bits per heavy atom. The first-order valence-electron chi connectivity index (χ1n) is 6.89. The number of hydrogen-bond donors (Lipinski definition) is 1. The van der Waals surface area contributed by atoms with Gasteiger partial charge in [-0.05, 0) is 58.5 Å². The summed E-state index contributed by atoms with van der Waals surface area (Å²) < 4.78 is 5.83. The first kappa shape index (κ1) is 17.7. The zero-order valence-corrected chi connectivity index (χ0v) is 15.3. The SMILES string of the molecule is COC(=O)[C@@H](Cc1ccccc1I)NC(=O)c1ccc(Cl)cc1. The lowest BCUT2D eigenvalue weighted by atomic mass is 10.1. The largest absolute Gasteiger partial charge is 0.467 e. The highest BCUT2D eigenvalue weighted by Gasteiger charge is 2.23. The molecule has 1 amide bonds. The summed E-state index contributed by atoms with van der Waals surface area (Å²) in [6.45, 7) is 0. The summed E-state index contributed by atoms with van der Waals surface area (Å²) in [7, 11) is 1.31. The van der Waals surface area contributed by atoms with Crippen molar-refractivity contribution in [2.24, 2.45) is 0 Å². The topological polar surface area (TPSA) is 55.4 Å². The molecule has 120 valence electrons. The molecule has 0 saturated carbocycles. The number of rotatable bonds is 5. The molecule has 0 aliphatic rings. The van der Waals surface area contributed by atoms with Crippen molar-refractivity contribution >= 4 is 46.1 Å². The Hall–Kier alpha value is -1.60. The molecule has 0 bridgehead atoms. The molecule has 0 unspecified atom stereocenters. The van der Waals surface area contributed by atoms with Crippen molar-refractivity contribution in [3.05, 3.63) is 68.3 Å². The summed E-state index contributed by atoms with van der Waals surface area (Å²) in [5, 5.41) is 3.27. The Morgan fingerprint density at radius 2 is 1.83 bits per heavy atom. The molecule has 6 heteroatoms. The Bertz CT molecular complexity index is 703. The monoisotopic (exact) mass is 443 g/mol. The molecular weight excluding hydrogens is 429 g/mol. The van der Waals surface area contributed by atoms with Gasteiger partial charge in [0.05, 0.1) is 7.11 Å². The second-order valence-corrected chi connectivity index (χ2v) is 6.45. The molecule has 4 nitrogen and oxygen atoms in total. The van der Waals surface area contributed by atoms with Gasteiger partial charge in [-0.25, -0.2) is 4.79 Å². The van der Waals surface area contributed by atoms with Crippen LogP contribution in [0.1, 0.15) is 15.9 Å². The maximum atomic E-state index is 12.3. The van der Waals surface area contributed by atoms with Crippen LogP contribution in [0.4, 0.5) is 0 Å². The Labute approximate surface area is 153 Å². The highest BCUT2D eigenvalue weighted by molar-refractivity contribution is 14.1. The van der Waals surface area contributed by atoms with Crippen LogP contribution >= 0.6 is 34.2 Å². The van der Waals surface area contributed by atoms with Crippen molar-refractivity contribution in [1.82, 2.24) is 5.32 Å². The summed E-state index contributed by atoms with van der Waals surface area (Å²) >= 11 is 8.01. The zero-order valence-electron chi connectivity index (χ0n) is 12.4. The Kier molecular flexibility index (Phi) is 6.41. The van der Waals surface area contributed by atoms with Gasteiger partial charge >= 0.3 is 5.97 Å². The van der Waals surface area contributed by atoms with Gasteiger partial charge in [-0.15, -0.1) is 0 Å². The third-order valence-corrected chi connectivity index (χ3v) is 4.58. The number of ether oxygens (including phenoxy) is 1. The highest BCUT2D eigenvalue weighted by Crippen LogP contribution is 2.15. The van der Waals surface area contributed by atoms with E-state index in [1.165, 1.54) is 7.11 Å². The van der Waals surface area contributed by atoms with Crippen LogP contribution in [-0.2, 0) is 16.0 Å². The third kappa shape index (κ3) is 4.94. The van der Waals surface area contributed by atoms with Crippen LogP contribution in [0.15, 0.2) is 48.5 Å². The van der Waals surface area contributed by atoms with Gasteiger partial charge in [0.2, 0.25) is 0 Å². The lowest BCUT2D eigenvalue weighted by Gasteiger charge is -2.17. The number of carbonyl (C=O) groups excluding carboxylic acids is 2. The molecule has 0 radical (unpaired) electrons. The van der Waals surface area contributed by atoms with Crippen LogP contribution in [0, 0.1) is 3.57 Å². The van der Waals surface area contributed by atoms with Crippen molar-refractivity contribution in [3.8, 4) is 0 Å². The van der Waals surface area contributed by atoms with Crippen molar-refractivity contribution in [2.45, 2.75) is 12.5 Å². The average Bonchev–Trinajstić information content (AvgIpc) is 2.56. The molecule has 0 aliphatic carbocycles. The van der Waals surface area contributed by atoms with Gasteiger partial charge in [-0.2, -0.15) is 0 Å². The number of amides is 1. The Balaban J connectivity index is 2.16. The second kappa shape index (κ2) is 8.31. The van der Waals surface area contributed by atoms with E-state index in [1.807, 2.05) is 24.3 Å².